The minimum absolute atomic E-state index is 0.129. The summed E-state index contributed by atoms with van der Waals surface area (Å²) < 4.78 is 5.88. The largest absolute Gasteiger partial charge is 0.493 e. The second kappa shape index (κ2) is 7.05. The van der Waals surface area contributed by atoms with Gasteiger partial charge in [-0.05, 0) is 49.1 Å². The second-order valence-corrected chi connectivity index (χ2v) is 6.54. The maximum atomic E-state index is 13.0. The van der Waals surface area contributed by atoms with E-state index in [-0.39, 0.29) is 5.78 Å². The lowest BCUT2D eigenvalue weighted by Gasteiger charge is -2.17. The Hall–Kier alpha value is -2.00. The number of ketones is 1. The van der Waals surface area contributed by atoms with Crippen LogP contribution >= 0.6 is 11.6 Å². The fourth-order valence-corrected chi connectivity index (χ4v) is 2.55. The molecule has 4 heteroatoms. The van der Waals surface area contributed by atoms with Gasteiger partial charge in [0.1, 0.15) is 5.75 Å². The van der Waals surface area contributed by atoms with Gasteiger partial charge in [0.05, 0.1) is 12.2 Å². The zero-order valence-electron chi connectivity index (χ0n) is 13.9. The van der Waals surface area contributed by atoms with E-state index in [9.17, 15) is 4.79 Å². The van der Waals surface area contributed by atoms with Crippen LogP contribution in [0.5, 0.6) is 5.75 Å². The Labute approximate surface area is 142 Å². The van der Waals surface area contributed by atoms with Gasteiger partial charge in [-0.3, -0.25) is 4.79 Å². The fraction of sp³-hybridized carbons (Fsp3) is 0.316. The maximum Gasteiger partial charge on any atom is 0.197 e. The van der Waals surface area contributed by atoms with Crippen LogP contribution in [0.1, 0.15) is 40.9 Å². The van der Waals surface area contributed by atoms with E-state index < -0.39 is 0 Å². The molecule has 0 bridgehead atoms. The smallest absolute Gasteiger partial charge is 0.197 e. The Balaban J connectivity index is 2.54. The predicted molar refractivity (Wildman–Crippen MR) is 95.5 cm³/mol. The van der Waals surface area contributed by atoms with E-state index in [0.29, 0.717) is 40.1 Å². The topological polar surface area (TPSA) is 52.3 Å². The van der Waals surface area contributed by atoms with Crippen molar-refractivity contribution in [2.75, 3.05) is 12.3 Å². The summed E-state index contributed by atoms with van der Waals surface area (Å²) in [7, 11) is 0. The zero-order chi connectivity index (χ0) is 17.1. The lowest BCUT2D eigenvalue weighted by Crippen LogP contribution is -2.12. The third kappa shape index (κ3) is 3.85. The van der Waals surface area contributed by atoms with Crippen molar-refractivity contribution in [1.82, 2.24) is 0 Å². The molecule has 23 heavy (non-hydrogen) atoms. The highest BCUT2D eigenvalue weighted by atomic mass is 35.5. The van der Waals surface area contributed by atoms with Gasteiger partial charge in [-0.2, -0.15) is 0 Å². The molecule has 0 heterocycles. The van der Waals surface area contributed by atoms with Crippen LogP contribution in [0.2, 0.25) is 5.02 Å². The predicted octanol–water partition coefficient (Wildman–Crippen LogP) is 4.80. The van der Waals surface area contributed by atoms with Gasteiger partial charge in [0.25, 0.3) is 0 Å². The highest BCUT2D eigenvalue weighted by Crippen LogP contribution is 2.33. The molecule has 0 unspecified atom stereocenters. The molecule has 2 aromatic rings. The molecule has 0 atom stereocenters. The first kappa shape index (κ1) is 17.4. The molecular formula is C19H22ClNO2. The van der Waals surface area contributed by atoms with E-state index in [1.165, 1.54) is 0 Å². The molecule has 0 spiro atoms. The first-order valence-electron chi connectivity index (χ1n) is 7.64. The number of carbonyl (C=O) groups is 1. The van der Waals surface area contributed by atoms with Crippen molar-refractivity contribution in [1.29, 1.82) is 0 Å². The average Bonchev–Trinajstić information content (AvgIpc) is 2.50. The minimum Gasteiger partial charge on any atom is -0.493 e. The molecule has 0 amide bonds. The van der Waals surface area contributed by atoms with Gasteiger partial charge in [-0.1, -0.05) is 37.6 Å². The SMILES string of the molecule is Cc1cc(OCC(C)C)c(C(=O)c2cccc(N)c2)c(C)c1Cl. The molecule has 2 rings (SSSR count). The van der Waals surface area contributed by atoms with Crippen LogP contribution in [0.25, 0.3) is 0 Å². The summed E-state index contributed by atoms with van der Waals surface area (Å²) in [6.07, 6.45) is 0. The van der Waals surface area contributed by atoms with Crippen LogP contribution in [0, 0.1) is 19.8 Å². The Morgan fingerprint density at radius 2 is 1.96 bits per heavy atom. The monoisotopic (exact) mass is 331 g/mol. The van der Waals surface area contributed by atoms with Crippen LogP contribution in [0.3, 0.4) is 0 Å². The van der Waals surface area contributed by atoms with Crippen molar-refractivity contribution in [2.45, 2.75) is 27.7 Å². The number of rotatable bonds is 5. The molecule has 0 aliphatic heterocycles. The third-order valence-corrected chi connectivity index (χ3v) is 4.17. The number of hydrogen-bond donors (Lipinski definition) is 1. The van der Waals surface area contributed by atoms with Crippen molar-refractivity contribution < 1.29 is 9.53 Å². The molecule has 3 nitrogen and oxygen atoms in total. The molecule has 122 valence electrons. The molecule has 2 aromatic carbocycles. The van der Waals surface area contributed by atoms with E-state index in [2.05, 4.69) is 13.8 Å². The molecular weight excluding hydrogens is 310 g/mol. The summed E-state index contributed by atoms with van der Waals surface area (Å²) >= 11 is 6.35. The summed E-state index contributed by atoms with van der Waals surface area (Å²) in [5.41, 5.74) is 9.01. The maximum absolute atomic E-state index is 13.0. The third-order valence-electron chi connectivity index (χ3n) is 3.59. The highest BCUT2D eigenvalue weighted by molar-refractivity contribution is 6.33. The summed E-state index contributed by atoms with van der Waals surface area (Å²) in [6, 6.07) is 8.77. The van der Waals surface area contributed by atoms with Gasteiger partial charge in [-0.25, -0.2) is 0 Å². The van der Waals surface area contributed by atoms with Gasteiger partial charge in [0.2, 0.25) is 0 Å². The van der Waals surface area contributed by atoms with Crippen molar-refractivity contribution in [2.24, 2.45) is 5.92 Å². The number of benzene rings is 2. The molecule has 0 aromatic heterocycles. The number of nitrogen functional groups attached to an aromatic ring is 1. The standard InChI is InChI=1S/C19H22ClNO2/c1-11(2)10-23-16-8-12(3)18(20)13(4)17(16)19(22)14-6-5-7-15(21)9-14/h5-9,11H,10,21H2,1-4H3. The molecule has 0 radical (unpaired) electrons. The van der Waals surface area contributed by atoms with Crippen LogP contribution < -0.4 is 10.5 Å². The van der Waals surface area contributed by atoms with Gasteiger partial charge >= 0.3 is 0 Å². The van der Waals surface area contributed by atoms with Gasteiger partial charge < -0.3 is 10.5 Å². The molecule has 2 N–H and O–H groups in total. The average molecular weight is 332 g/mol. The lowest BCUT2D eigenvalue weighted by molar-refractivity contribution is 0.103. The van der Waals surface area contributed by atoms with Crippen LogP contribution in [0.15, 0.2) is 30.3 Å². The van der Waals surface area contributed by atoms with Crippen molar-refractivity contribution >= 4 is 23.1 Å². The molecule has 0 saturated carbocycles. The first-order valence-corrected chi connectivity index (χ1v) is 8.01. The minimum atomic E-state index is -0.129. The van der Waals surface area contributed by atoms with Gasteiger partial charge in [0, 0.05) is 16.3 Å². The van der Waals surface area contributed by atoms with Crippen LogP contribution in [0.4, 0.5) is 5.69 Å². The fourth-order valence-electron chi connectivity index (χ4n) is 2.40. The number of nitrogens with two attached hydrogens (primary N) is 1. The lowest BCUT2D eigenvalue weighted by atomic mass is 9.96. The van der Waals surface area contributed by atoms with E-state index >= 15 is 0 Å². The normalized spacial score (nSPS) is 10.9. The Kier molecular flexibility index (Phi) is 5.32. The Bertz CT molecular complexity index is 738. The van der Waals surface area contributed by atoms with Gasteiger partial charge in [-0.15, -0.1) is 0 Å². The van der Waals surface area contributed by atoms with E-state index in [0.717, 1.165) is 11.1 Å². The molecule has 0 aliphatic rings. The van der Waals surface area contributed by atoms with E-state index in [1.54, 1.807) is 24.3 Å². The summed E-state index contributed by atoms with van der Waals surface area (Å²) in [4.78, 5) is 13.0. The highest BCUT2D eigenvalue weighted by Gasteiger charge is 2.21. The zero-order valence-corrected chi connectivity index (χ0v) is 14.7. The summed E-state index contributed by atoms with van der Waals surface area (Å²) in [6.45, 7) is 8.42. The van der Waals surface area contributed by atoms with Gasteiger partial charge in [0.15, 0.2) is 5.78 Å². The Morgan fingerprint density at radius 1 is 1.26 bits per heavy atom. The van der Waals surface area contributed by atoms with Crippen LogP contribution in [-0.2, 0) is 0 Å². The number of anilines is 1. The quantitative estimate of drug-likeness (QED) is 0.632. The summed E-state index contributed by atoms with van der Waals surface area (Å²) in [5, 5.41) is 0.592. The first-order chi connectivity index (χ1) is 10.8. The molecule has 0 saturated heterocycles. The molecule has 0 fully saturated rings. The number of aryl methyl sites for hydroxylation is 1. The number of ether oxygens (including phenoxy) is 1. The number of carbonyl (C=O) groups excluding carboxylic acids is 1. The number of hydrogen-bond acceptors (Lipinski definition) is 3. The summed E-state index contributed by atoms with van der Waals surface area (Å²) in [5.74, 6) is 0.808. The van der Waals surface area contributed by atoms with Crippen molar-refractivity contribution in [3.8, 4) is 5.75 Å². The Morgan fingerprint density at radius 3 is 2.57 bits per heavy atom. The van der Waals surface area contributed by atoms with E-state index in [4.69, 9.17) is 22.1 Å². The van der Waals surface area contributed by atoms with Crippen LogP contribution in [-0.4, -0.2) is 12.4 Å². The van der Waals surface area contributed by atoms with Crippen molar-refractivity contribution in [3.05, 3.63) is 57.6 Å². The van der Waals surface area contributed by atoms with E-state index in [1.807, 2.05) is 19.9 Å². The van der Waals surface area contributed by atoms with Crippen molar-refractivity contribution in [3.63, 3.8) is 0 Å². The number of halogens is 1. The second-order valence-electron chi connectivity index (χ2n) is 6.17. The molecule has 0 aliphatic carbocycles.